The molecule has 170 valence electrons. The van der Waals surface area contributed by atoms with E-state index in [1.165, 1.54) is 0 Å². The second-order valence-electron chi connectivity index (χ2n) is 7.86. The minimum absolute atomic E-state index is 0.256. The SMILES string of the molecule is c1cc(-c2c[nH]c3c(OCc4cccnn4)nc(N4CCOCC4)nc23)cc(-n2cccn2)c1. The minimum atomic E-state index is 0.256. The van der Waals surface area contributed by atoms with Gasteiger partial charge in [-0.25, -0.2) is 9.67 Å². The van der Waals surface area contributed by atoms with Crippen molar-refractivity contribution in [1.29, 1.82) is 0 Å². The smallest absolute Gasteiger partial charge is 0.243 e. The monoisotopic (exact) mass is 454 g/mol. The molecule has 0 radical (unpaired) electrons. The molecular weight excluding hydrogens is 432 g/mol. The van der Waals surface area contributed by atoms with Crippen molar-refractivity contribution in [2.24, 2.45) is 0 Å². The summed E-state index contributed by atoms with van der Waals surface area (Å²) in [5.74, 6) is 1.10. The number of morpholine rings is 1. The van der Waals surface area contributed by atoms with Crippen LogP contribution >= 0.6 is 0 Å². The van der Waals surface area contributed by atoms with Gasteiger partial charge in [0, 0.05) is 43.4 Å². The Morgan fingerprint density at radius 2 is 1.97 bits per heavy atom. The van der Waals surface area contributed by atoms with Gasteiger partial charge in [0.15, 0.2) is 0 Å². The Morgan fingerprint density at radius 3 is 2.79 bits per heavy atom. The second kappa shape index (κ2) is 8.91. The van der Waals surface area contributed by atoms with Crippen LogP contribution in [0.15, 0.2) is 67.3 Å². The van der Waals surface area contributed by atoms with E-state index in [4.69, 9.17) is 19.4 Å². The first kappa shape index (κ1) is 20.3. The number of aromatic amines is 1. The summed E-state index contributed by atoms with van der Waals surface area (Å²) >= 11 is 0. The van der Waals surface area contributed by atoms with Gasteiger partial charge in [-0.2, -0.15) is 20.3 Å². The van der Waals surface area contributed by atoms with Crippen LogP contribution in [0.5, 0.6) is 5.88 Å². The molecule has 1 aliphatic heterocycles. The first-order valence-corrected chi connectivity index (χ1v) is 11.1. The van der Waals surface area contributed by atoms with E-state index in [1.54, 1.807) is 12.4 Å². The number of hydrogen-bond acceptors (Lipinski definition) is 8. The molecule has 6 rings (SSSR count). The molecule has 4 aromatic heterocycles. The van der Waals surface area contributed by atoms with Gasteiger partial charge in [0.2, 0.25) is 11.8 Å². The van der Waals surface area contributed by atoms with E-state index in [2.05, 4.69) is 37.3 Å². The summed E-state index contributed by atoms with van der Waals surface area (Å²) in [7, 11) is 0. The maximum Gasteiger partial charge on any atom is 0.243 e. The molecule has 0 unspecified atom stereocenters. The fraction of sp³-hybridized carbons (Fsp3) is 0.208. The van der Waals surface area contributed by atoms with Crippen molar-refractivity contribution in [3.05, 3.63) is 72.9 Å². The maximum absolute atomic E-state index is 6.11. The molecule has 1 fully saturated rings. The molecule has 1 saturated heterocycles. The van der Waals surface area contributed by atoms with E-state index in [1.807, 2.05) is 47.4 Å². The quantitative estimate of drug-likeness (QED) is 0.417. The van der Waals surface area contributed by atoms with Gasteiger partial charge in [-0.05, 0) is 35.9 Å². The van der Waals surface area contributed by atoms with Gasteiger partial charge in [-0.1, -0.05) is 12.1 Å². The first-order valence-electron chi connectivity index (χ1n) is 11.1. The van der Waals surface area contributed by atoms with Crippen LogP contribution < -0.4 is 9.64 Å². The number of H-pyrrole nitrogens is 1. The van der Waals surface area contributed by atoms with Crippen molar-refractivity contribution in [3.8, 4) is 22.7 Å². The summed E-state index contributed by atoms with van der Waals surface area (Å²) in [6.07, 6.45) is 7.27. The molecule has 0 aliphatic carbocycles. The minimum Gasteiger partial charge on any atom is -0.469 e. The summed E-state index contributed by atoms with van der Waals surface area (Å²) in [5.41, 5.74) is 5.21. The normalized spacial score (nSPS) is 13.9. The standard InChI is InChI=1S/C24H22N8O2/c1-4-17(14-19(6-1)32-9-3-8-27-32)20-15-25-22-21(20)28-24(31-10-12-33-13-11-31)29-23(22)34-16-18-5-2-7-26-30-18/h1-9,14-15,25H,10-13,16H2. The summed E-state index contributed by atoms with van der Waals surface area (Å²) in [6, 6.07) is 13.8. The lowest BCUT2D eigenvalue weighted by atomic mass is 10.1. The van der Waals surface area contributed by atoms with Crippen molar-refractivity contribution < 1.29 is 9.47 Å². The number of anilines is 1. The second-order valence-corrected chi connectivity index (χ2v) is 7.86. The highest BCUT2D eigenvalue weighted by Gasteiger charge is 2.21. The molecule has 0 atom stereocenters. The largest absolute Gasteiger partial charge is 0.469 e. The van der Waals surface area contributed by atoms with Crippen molar-refractivity contribution >= 4 is 17.0 Å². The number of hydrogen-bond donors (Lipinski definition) is 1. The molecule has 0 spiro atoms. The van der Waals surface area contributed by atoms with Gasteiger partial charge in [0.05, 0.1) is 18.9 Å². The lowest BCUT2D eigenvalue weighted by Crippen LogP contribution is -2.37. The number of aromatic nitrogens is 7. The summed E-state index contributed by atoms with van der Waals surface area (Å²) in [6.45, 7) is 2.99. The Hall–Kier alpha value is -4.31. The van der Waals surface area contributed by atoms with E-state index in [0.717, 1.165) is 46.6 Å². The van der Waals surface area contributed by atoms with E-state index in [-0.39, 0.29) is 6.61 Å². The molecule has 0 bridgehead atoms. The van der Waals surface area contributed by atoms with Gasteiger partial charge in [0.25, 0.3) is 0 Å². The molecule has 10 nitrogen and oxygen atoms in total. The highest BCUT2D eigenvalue weighted by atomic mass is 16.5. The Labute approximate surface area is 195 Å². The molecule has 0 saturated carbocycles. The van der Waals surface area contributed by atoms with E-state index in [0.29, 0.717) is 25.0 Å². The molecular formula is C24H22N8O2. The zero-order valence-corrected chi connectivity index (χ0v) is 18.3. The van der Waals surface area contributed by atoms with Gasteiger partial charge < -0.3 is 19.4 Å². The van der Waals surface area contributed by atoms with Crippen molar-refractivity contribution in [3.63, 3.8) is 0 Å². The van der Waals surface area contributed by atoms with Crippen LogP contribution in [-0.4, -0.2) is 61.2 Å². The zero-order valence-electron chi connectivity index (χ0n) is 18.3. The van der Waals surface area contributed by atoms with Crippen LogP contribution in [-0.2, 0) is 11.3 Å². The molecule has 1 aliphatic rings. The van der Waals surface area contributed by atoms with Crippen molar-refractivity contribution in [2.75, 3.05) is 31.2 Å². The predicted molar refractivity (Wildman–Crippen MR) is 126 cm³/mol. The Balaban J connectivity index is 1.43. The average molecular weight is 454 g/mol. The number of ether oxygens (including phenoxy) is 2. The topological polar surface area (TPSA) is 107 Å². The van der Waals surface area contributed by atoms with Crippen molar-refractivity contribution in [2.45, 2.75) is 6.61 Å². The molecule has 34 heavy (non-hydrogen) atoms. The highest BCUT2D eigenvalue weighted by molar-refractivity contribution is 5.95. The maximum atomic E-state index is 6.11. The summed E-state index contributed by atoms with van der Waals surface area (Å²) < 4.78 is 13.5. The fourth-order valence-electron chi connectivity index (χ4n) is 3.99. The number of nitrogens with one attached hydrogen (secondary N) is 1. The number of rotatable bonds is 6. The van der Waals surface area contributed by atoms with E-state index in [9.17, 15) is 0 Å². The Morgan fingerprint density at radius 1 is 1.03 bits per heavy atom. The number of fused-ring (bicyclic) bond motifs is 1. The average Bonchev–Trinajstić information content (AvgIpc) is 3.59. The Kier molecular flexibility index (Phi) is 5.32. The molecule has 0 amide bonds. The molecule has 5 aromatic rings. The zero-order chi connectivity index (χ0) is 22.7. The Bertz CT molecular complexity index is 1400. The summed E-state index contributed by atoms with van der Waals surface area (Å²) in [5, 5.41) is 12.4. The number of nitrogens with zero attached hydrogens (tertiary/aromatic N) is 7. The fourth-order valence-corrected chi connectivity index (χ4v) is 3.99. The predicted octanol–water partition coefficient (Wildman–Crippen LogP) is 3.02. The van der Waals surface area contributed by atoms with E-state index < -0.39 is 0 Å². The first-order chi connectivity index (χ1) is 16.8. The van der Waals surface area contributed by atoms with Gasteiger partial charge in [-0.15, -0.1) is 0 Å². The van der Waals surface area contributed by atoms with Crippen LogP contribution in [0.3, 0.4) is 0 Å². The molecule has 5 heterocycles. The third kappa shape index (κ3) is 3.95. The molecule has 1 N–H and O–H groups in total. The van der Waals surface area contributed by atoms with E-state index >= 15 is 0 Å². The van der Waals surface area contributed by atoms with Gasteiger partial charge in [0.1, 0.15) is 23.3 Å². The van der Waals surface area contributed by atoms with Crippen LogP contribution in [0.25, 0.3) is 27.8 Å². The lowest BCUT2D eigenvalue weighted by molar-refractivity contribution is 0.122. The summed E-state index contributed by atoms with van der Waals surface area (Å²) in [4.78, 5) is 15.1. The van der Waals surface area contributed by atoms with Gasteiger partial charge in [-0.3, -0.25) is 0 Å². The third-order valence-electron chi connectivity index (χ3n) is 5.68. The highest BCUT2D eigenvalue weighted by Crippen LogP contribution is 2.34. The van der Waals surface area contributed by atoms with Crippen LogP contribution in [0.2, 0.25) is 0 Å². The lowest BCUT2D eigenvalue weighted by Gasteiger charge is -2.27. The van der Waals surface area contributed by atoms with Crippen LogP contribution in [0, 0.1) is 0 Å². The molecule has 10 heteroatoms. The third-order valence-corrected chi connectivity index (χ3v) is 5.68. The van der Waals surface area contributed by atoms with Crippen LogP contribution in [0.4, 0.5) is 5.95 Å². The van der Waals surface area contributed by atoms with Gasteiger partial charge >= 0.3 is 0 Å². The van der Waals surface area contributed by atoms with Crippen molar-refractivity contribution in [1.82, 2.24) is 34.9 Å². The molecule has 1 aromatic carbocycles. The number of benzene rings is 1. The van der Waals surface area contributed by atoms with Crippen LogP contribution in [0.1, 0.15) is 5.69 Å².